The van der Waals surface area contributed by atoms with Crippen LogP contribution in [0, 0.1) is 0 Å². The Labute approximate surface area is 159 Å². The van der Waals surface area contributed by atoms with Crippen molar-refractivity contribution in [2.24, 2.45) is 0 Å². The van der Waals surface area contributed by atoms with Gasteiger partial charge in [0, 0.05) is 23.8 Å². The van der Waals surface area contributed by atoms with Crippen LogP contribution in [0.2, 0.25) is 0 Å². The Morgan fingerprint density at radius 1 is 1.00 bits per heavy atom. The number of carbonyl (C=O) groups excluding carboxylic acids is 3. The van der Waals surface area contributed by atoms with E-state index >= 15 is 0 Å². The summed E-state index contributed by atoms with van der Waals surface area (Å²) >= 11 is 0. The summed E-state index contributed by atoms with van der Waals surface area (Å²) in [4.78, 5) is 37.9. The molecular formula is C21H24N2O4. The molecule has 27 heavy (non-hydrogen) atoms. The van der Waals surface area contributed by atoms with E-state index in [1.807, 2.05) is 43.3 Å². The van der Waals surface area contributed by atoms with Gasteiger partial charge in [0.2, 0.25) is 0 Å². The van der Waals surface area contributed by atoms with Crippen LogP contribution >= 0.6 is 0 Å². The van der Waals surface area contributed by atoms with Gasteiger partial charge in [-0.05, 0) is 38.1 Å². The SMILES string of the molecule is CCN(C(=O)COC(=O)CC(C)NC(=O)c1ccccc1)c1ccccc1. The fraction of sp³-hybridized carbons (Fsp3) is 0.286. The maximum atomic E-state index is 12.3. The first-order valence-electron chi connectivity index (χ1n) is 8.88. The number of hydrogen-bond acceptors (Lipinski definition) is 4. The predicted molar refractivity (Wildman–Crippen MR) is 103 cm³/mol. The van der Waals surface area contributed by atoms with Gasteiger partial charge in [-0.1, -0.05) is 36.4 Å². The first-order chi connectivity index (χ1) is 13.0. The lowest BCUT2D eigenvalue weighted by molar-refractivity contribution is -0.148. The van der Waals surface area contributed by atoms with Crippen molar-refractivity contribution in [1.29, 1.82) is 0 Å². The average Bonchev–Trinajstić information content (AvgIpc) is 2.68. The minimum absolute atomic E-state index is 0.0106. The number of para-hydroxylation sites is 1. The number of likely N-dealkylation sites (N-methyl/N-ethyl adjacent to an activating group) is 1. The third kappa shape index (κ3) is 6.26. The molecule has 0 saturated heterocycles. The van der Waals surface area contributed by atoms with Crippen LogP contribution in [-0.4, -0.2) is 37.0 Å². The third-order valence-corrected chi connectivity index (χ3v) is 3.93. The van der Waals surface area contributed by atoms with E-state index in [4.69, 9.17) is 4.74 Å². The van der Waals surface area contributed by atoms with Crippen LogP contribution < -0.4 is 10.2 Å². The summed E-state index contributed by atoms with van der Waals surface area (Å²) in [5.41, 5.74) is 1.28. The first kappa shape index (κ1) is 20.2. The molecule has 2 amide bonds. The lowest BCUT2D eigenvalue weighted by Crippen LogP contribution is -2.37. The summed E-state index contributed by atoms with van der Waals surface area (Å²) in [5, 5.41) is 2.74. The topological polar surface area (TPSA) is 75.7 Å². The number of hydrogen-bond donors (Lipinski definition) is 1. The van der Waals surface area contributed by atoms with E-state index in [1.54, 1.807) is 36.1 Å². The monoisotopic (exact) mass is 368 g/mol. The Morgan fingerprint density at radius 3 is 2.19 bits per heavy atom. The lowest BCUT2D eigenvalue weighted by atomic mass is 10.2. The Kier molecular flexibility index (Phi) is 7.55. The van der Waals surface area contributed by atoms with Crippen LogP contribution in [0.5, 0.6) is 0 Å². The van der Waals surface area contributed by atoms with Crippen molar-refractivity contribution in [3.63, 3.8) is 0 Å². The van der Waals surface area contributed by atoms with Gasteiger partial charge in [-0.3, -0.25) is 14.4 Å². The van der Waals surface area contributed by atoms with E-state index in [1.165, 1.54) is 0 Å². The maximum absolute atomic E-state index is 12.3. The largest absolute Gasteiger partial charge is 0.455 e. The Balaban J connectivity index is 1.79. The number of benzene rings is 2. The molecule has 6 heteroatoms. The summed E-state index contributed by atoms with van der Waals surface area (Å²) in [6.45, 7) is 3.71. The van der Waals surface area contributed by atoms with Crippen molar-refractivity contribution < 1.29 is 19.1 Å². The molecular weight excluding hydrogens is 344 g/mol. The zero-order chi connectivity index (χ0) is 19.6. The minimum atomic E-state index is -0.534. The molecule has 6 nitrogen and oxygen atoms in total. The van der Waals surface area contributed by atoms with E-state index in [9.17, 15) is 14.4 Å². The number of nitrogens with zero attached hydrogens (tertiary/aromatic N) is 1. The van der Waals surface area contributed by atoms with Gasteiger partial charge in [-0.15, -0.1) is 0 Å². The van der Waals surface area contributed by atoms with Crippen molar-refractivity contribution >= 4 is 23.5 Å². The van der Waals surface area contributed by atoms with Crippen molar-refractivity contribution in [3.05, 3.63) is 66.2 Å². The maximum Gasteiger partial charge on any atom is 0.308 e. The standard InChI is InChI=1S/C21H24N2O4/c1-3-23(18-12-8-5-9-13-18)19(24)15-27-20(25)14-16(2)22-21(26)17-10-6-4-7-11-17/h4-13,16H,3,14-15H2,1-2H3,(H,22,26). The van der Waals surface area contributed by atoms with E-state index in [0.29, 0.717) is 12.1 Å². The highest BCUT2D eigenvalue weighted by atomic mass is 16.5. The molecule has 1 N–H and O–H groups in total. The molecule has 1 atom stereocenters. The molecule has 2 aromatic rings. The molecule has 0 radical (unpaired) electrons. The summed E-state index contributed by atoms with van der Waals surface area (Å²) < 4.78 is 5.08. The minimum Gasteiger partial charge on any atom is -0.455 e. The first-order valence-corrected chi connectivity index (χ1v) is 8.88. The molecule has 0 aliphatic rings. The van der Waals surface area contributed by atoms with E-state index in [-0.39, 0.29) is 24.8 Å². The molecule has 0 aromatic heterocycles. The highest BCUT2D eigenvalue weighted by Gasteiger charge is 2.18. The quantitative estimate of drug-likeness (QED) is 0.727. The molecule has 2 aromatic carbocycles. The van der Waals surface area contributed by atoms with Crippen molar-refractivity contribution in [2.75, 3.05) is 18.1 Å². The number of esters is 1. The van der Waals surface area contributed by atoms with Crippen molar-refractivity contribution in [2.45, 2.75) is 26.3 Å². The van der Waals surface area contributed by atoms with Crippen LogP contribution in [0.3, 0.4) is 0 Å². The van der Waals surface area contributed by atoms with Crippen molar-refractivity contribution in [1.82, 2.24) is 5.32 Å². The highest BCUT2D eigenvalue weighted by molar-refractivity contribution is 5.95. The second-order valence-electron chi connectivity index (χ2n) is 6.08. The number of carbonyl (C=O) groups is 3. The second-order valence-corrected chi connectivity index (χ2v) is 6.08. The lowest BCUT2D eigenvalue weighted by Gasteiger charge is -2.21. The molecule has 0 fully saturated rings. The number of nitrogens with one attached hydrogen (secondary N) is 1. The van der Waals surface area contributed by atoms with Gasteiger partial charge in [0.15, 0.2) is 6.61 Å². The molecule has 0 heterocycles. The van der Waals surface area contributed by atoms with Crippen LogP contribution in [0.25, 0.3) is 0 Å². The van der Waals surface area contributed by atoms with Crippen LogP contribution in [0.4, 0.5) is 5.69 Å². The van der Waals surface area contributed by atoms with Gasteiger partial charge in [0.1, 0.15) is 0 Å². The molecule has 0 aliphatic carbocycles. The van der Waals surface area contributed by atoms with Gasteiger partial charge >= 0.3 is 5.97 Å². The Hall–Kier alpha value is -3.15. The number of rotatable bonds is 8. The summed E-state index contributed by atoms with van der Waals surface area (Å²) in [7, 11) is 0. The summed E-state index contributed by atoms with van der Waals surface area (Å²) in [6.07, 6.45) is -0.0106. The van der Waals surface area contributed by atoms with E-state index in [2.05, 4.69) is 5.32 Å². The van der Waals surface area contributed by atoms with Crippen LogP contribution in [0.15, 0.2) is 60.7 Å². The normalized spacial score (nSPS) is 11.3. The molecule has 0 bridgehead atoms. The fourth-order valence-electron chi connectivity index (χ4n) is 2.59. The highest BCUT2D eigenvalue weighted by Crippen LogP contribution is 2.13. The number of ether oxygens (including phenoxy) is 1. The third-order valence-electron chi connectivity index (χ3n) is 3.93. The zero-order valence-electron chi connectivity index (χ0n) is 15.6. The average molecular weight is 368 g/mol. The predicted octanol–water partition coefficient (Wildman–Crippen LogP) is 2.79. The molecule has 1 unspecified atom stereocenters. The molecule has 0 aliphatic heterocycles. The van der Waals surface area contributed by atoms with Crippen LogP contribution in [0.1, 0.15) is 30.6 Å². The smallest absolute Gasteiger partial charge is 0.308 e. The van der Waals surface area contributed by atoms with Gasteiger partial charge in [0.25, 0.3) is 11.8 Å². The molecule has 0 spiro atoms. The Bertz CT molecular complexity index is 762. The van der Waals surface area contributed by atoms with Gasteiger partial charge < -0.3 is 15.0 Å². The van der Waals surface area contributed by atoms with E-state index < -0.39 is 12.0 Å². The van der Waals surface area contributed by atoms with Crippen molar-refractivity contribution in [3.8, 4) is 0 Å². The Morgan fingerprint density at radius 2 is 1.59 bits per heavy atom. The summed E-state index contributed by atoms with van der Waals surface area (Å²) in [6, 6.07) is 17.5. The van der Waals surface area contributed by atoms with E-state index in [0.717, 1.165) is 5.69 Å². The molecule has 0 saturated carbocycles. The second kappa shape index (κ2) is 10.1. The fourth-order valence-corrected chi connectivity index (χ4v) is 2.59. The number of anilines is 1. The van der Waals surface area contributed by atoms with Gasteiger partial charge in [0.05, 0.1) is 6.42 Å². The molecule has 142 valence electrons. The zero-order valence-corrected chi connectivity index (χ0v) is 15.6. The molecule has 2 rings (SSSR count). The number of amides is 2. The van der Waals surface area contributed by atoms with Gasteiger partial charge in [-0.2, -0.15) is 0 Å². The summed E-state index contributed by atoms with van der Waals surface area (Å²) in [5.74, 6) is -1.08. The van der Waals surface area contributed by atoms with Gasteiger partial charge in [-0.25, -0.2) is 0 Å². The van der Waals surface area contributed by atoms with Crippen LogP contribution in [-0.2, 0) is 14.3 Å².